The number of carbonyl (C=O) groups is 1. The van der Waals surface area contributed by atoms with Gasteiger partial charge >= 0.3 is 0 Å². The first-order valence-corrected chi connectivity index (χ1v) is 10.8. The molecule has 3 aromatic heterocycles. The molecular weight excluding hydrogens is 380 g/mol. The van der Waals surface area contributed by atoms with Gasteiger partial charge in [-0.15, -0.1) is 11.3 Å². The van der Waals surface area contributed by atoms with Crippen LogP contribution in [0.2, 0.25) is 0 Å². The maximum Gasteiger partial charge on any atom is 0.252 e. The molecule has 5 rings (SSSR count). The quantitative estimate of drug-likeness (QED) is 0.521. The molecule has 0 aliphatic heterocycles. The van der Waals surface area contributed by atoms with Crippen LogP contribution in [0.15, 0.2) is 60.1 Å². The molecule has 29 heavy (non-hydrogen) atoms. The first-order chi connectivity index (χ1) is 14.2. The van der Waals surface area contributed by atoms with Gasteiger partial charge in [0, 0.05) is 17.1 Å². The maximum atomic E-state index is 12.9. The topological polar surface area (TPSA) is 59.8 Å². The van der Waals surface area contributed by atoms with Crippen LogP contribution in [0.1, 0.15) is 38.8 Å². The molecule has 2 atom stereocenters. The largest absolute Gasteiger partial charge is 0.352 e. The minimum absolute atomic E-state index is 0.0464. The Labute approximate surface area is 173 Å². The van der Waals surface area contributed by atoms with Gasteiger partial charge in [0.05, 0.1) is 23.7 Å². The monoisotopic (exact) mass is 402 g/mol. The Bertz CT molecular complexity index is 1150. The molecule has 3 heterocycles. The van der Waals surface area contributed by atoms with Gasteiger partial charge in [-0.2, -0.15) is 5.10 Å². The van der Waals surface area contributed by atoms with E-state index in [1.54, 1.807) is 17.5 Å². The number of benzene rings is 1. The van der Waals surface area contributed by atoms with Gasteiger partial charge in [-0.25, -0.2) is 9.67 Å². The average molecular weight is 403 g/mol. The highest BCUT2D eigenvalue weighted by Gasteiger charge is 2.38. The maximum absolute atomic E-state index is 12.9. The van der Waals surface area contributed by atoms with Crippen molar-refractivity contribution in [3.8, 4) is 0 Å². The molecule has 5 nitrogen and oxygen atoms in total. The highest BCUT2D eigenvalue weighted by Crippen LogP contribution is 2.46. The van der Waals surface area contributed by atoms with Crippen molar-refractivity contribution in [2.75, 3.05) is 6.54 Å². The van der Waals surface area contributed by atoms with E-state index in [1.807, 2.05) is 29.8 Å². The predicted octanol–water partition coefficient (Wildman–Crippen LogP) is 4.38. The van der Waals surface area contributed by atoms with Gasteiger partial charge in [-0.1, -0.05) is 36.4 Å². The zero-order valence-corrected chi connectivity index (χ0v) is 17.0. The highest BCUT2D eigenvalue weighted by atomic mass is 32.1. The fourth-order valence-corrected chi connectivity index (χ4v) is 4.61. The first kappa shape index (κ1) is 18.1. The van der Waals surface area contributed by atoms with Crippen LogP contribution in [0.3, 0.4) is 0 Å². The fraction of sp³-hybridized carbons (Fsp3) is 0.261. The number of pyridine rings is 1. The SMILES string of the molecule is Cc1cc(C(=O)NCC2CC2c2ccccc2)c2cnn(Cc3cccs3)c2n1. The van der Waals surface area contributed by atoms with Crippen LogP contribution in [0, 0.1) is 12.8 Å². The molecule has 1 aliphatic rings. The van der Waals surface area contributed by atoms with Crippen LogP contribution in [-0.4, -0.2) is 27.2 Å². The van der Waals surface area contributed by atoms with E-state index >= 15 is 0 Å². The van der Waals surface area contributed by atoms with Crippen molar-refractivity contribution in [2.24, 2.45) is 5.92 Å². The van der Waals surface area contributed by atoms with Gasteiger partial charge < -0.3 is 5.32 Å². The Hall–Kier alpha value is -2.99. The second-order valence-electron chi connectivity index (χ2n) is 7.65. The molecule has 1 amide bonds. The third-order valence-corrected chi connectivity index (χ3v) is 6.40. The molecule has 1 aromatic carbocycles. The Balaban J connectivity index is 1.32. The second kappa shape index (κ2) is 7.44. The van der Waals surface area contributed by atoms with Crippen molar-refractivity contribution in [1.82, 2.24) is 20.1 Å². The van der Waals surface area contributed by atoms with Crippen molar-refractivity contribution in [3.05, 3.63) is 81.8 Å². The number of amides is 1. The van der Waals surface area contributed by atoms with Gasteiger partial charge in [0.15, 0.2) is 5.65 Å². The van der Waals surface area contributed by atoms with E-state index in [4.69, 9.17) is 0 Å². The minimum Gasteiger partial charge on any atom is -0.352 e. The standard InChI is InChI=1S/C23H22N4OS/c1-15-10-20(21-13-25-27(22(21)26-15)14-18-8-5-9-29-18)23(28)24-12-17-11-19(17)16-6-3-2-4-7-16/h2-10,13,17,19H,11-12,14H2,1H3,(H,24,28). The minimum atomic E-state index is -0.0464. The molecule has 1 aliphatic carbocycles. The summed E-state index contributed by atoms with van der Waals surface area (Å²) in [5, 5.41) is 10.5. The van der Waals surface area contributed by atoms with Crippen LogP contribution in [0.5, 0.6) is 0 Å². The third-order valence-electron chi connectivity index (χ3n) is 5.54. The summed E-state index contributed by atoms with van der Waals surface area (Å²) in [5.41, 5.74) is 3.60. The Morgan fingerprint density at radius 2 is 2.10 bits per heavy atom. The lowest BCUT2D eigenvalue weighted by molar-refractivity contribution is 0.0953. The van der Waals surface area contributed by atoms with Crippen molar-refractivity contribution in [2.45, 2.75) is 25.8 Å². The number of carbonyl (C=O) groups excluding carboxylic acids is 1. The van der Waals surface area contributed by atoms with Gasteiger partial charge in [-0.3, -0.25) is 4.79 Å². The van der Waals surface area contributed by atoms with Crippen LogP contribution < -0.4 is 5.32 Å². The number of nitrogens with zero attached hydrogens (tertiary/aromatic N) is 3. The molecule has 1 saturated carbocycles. The second-order valence-corrected chi connectivity index (χ2v) is 8.69. The number of hydrogen-bond acceptors (Lipinski definition) is 4. The van der Waals surface area contributed by atoms with Gasteiger partial charge in [0.25, 0.3) is 5.91 Å². The highest BCUT2D eigenvalue weighted by molar-refractivity contribution is 7.09. The lowest BCUT2D eigenvalue weighted by atomic mass is 10.1. The van der Waals surface area contributed by atoms with Gasteiger partial charge in [0.1, 0.15) is 0 Å². The summed E-state index contributed by atoms with van der Waals surface area (Å²) in [6.07, 6.45) is 2.89. The molecule has 1 fully saturated rings. The van der Waals surface area contributed by atoms with E-state index in [0.717, 1.165) is 23.1 Å². The molecule has 4 aromatic rings. The lowest BCUT2D eigenvalue weighted by Crippen LogP contribution is -2.26. The van der Waals surface area contributed by atoms with Crippen molar-refractivity contribution < 1.29 is 4.79 Å². The van der Waals surface area contributed by atoms with E-state index in [0.29, 0.717) is 30.5 Å². The lowest BCUT2D eigenvalue weighted by Gasteiger charge is -2.08. The molecule has 0 bridgehead atoms. The molecule has 1 N–H and O–H groups in total. The molecule has 2 unspecified atom stereocenters. The van der Waals surface area contributed by atoms with E-state index in [1.165, 1.54) is 10.4 Å². The number of rotatable bonds is 6. The van der Waals surface area contributed by atoms with Crippen LogP contribution in [0.25, 0.3) is 11.0 Å². The number of fused-ring (bicyclic) bond motifs is 1. The Morgan fingerprint density at radius 3 is 2.90 bits per heavy atom. The first-order valence-electron chi connectivity index (χ1n) is 9.88. The predicted molar refractivity (Wildman–Crippen MR) is 115 cm³/mol. The van der Waals surface area contributed by atoms with E-state index in [2.05, 4.69) is 51.1 Å². The van der Waals surface area contributed by atoms with Crippen molar-refractivity contribution in [1.29, 1.82) is 0 Å². The third kappa shape index (κ3) is 3.68. The summed E-state index contributed by atoms with van der Waals surface area (Å²) < 4.78 is 1.87. The van der Waals surface area contributed by atoms with Gasteiger partial charge in [0.2, 0.25) is 0 Å². The Morgan fingerprint density at radius 1 is 1.24 bits per heavy atom. The zero-order chi connectivity index (χ0) is 19.8. The summed E-state index contributed by atoms with van der Waals surface area (Å²) in [5.74, 6) is 1.03. The van der Waals surface area contributed by atoms with E-state index in [9.17, 15) is 4.79 Å². The summed E-state index contributed by atoms with van der Waals surface area (Å²) in [6, 6.07) is 16.5. The number of hydrogen-bond donors (Lipinski definition) is 1. The molecule has 0 radical (unpaired) electrons. The molecule has 0 saturated heterocycles. The Kier molecular flexibility index (Phi) is 4.64. The number of thiophene rings is 1. The molecular formula is C23H22N4OS. The average Bonchev–Trinajstić information content (AvgIpc) is 3.12. The van der Waals surface area contributed by atoms with Crippen LogP contribution in [-0.2, 0) is 6.54 Å². The normalized spacial score (nSPS) is 18.1. The van der Waals surface area contributed by atoms with Crippen molar-refractivity contribution in [3.63, 3.8) is 0 Å². The van der Waals surface area contributed by atoms with Gasteiger partial charge in [-0.05, 0) is 48.3 Å². The number of aromatic nitrogens is 3. The summed E-state index contributed by atoms with van der Waals surface area (Å²) in [4.78, 5) is 18.8. The summed E-state index contributed by atoms with van der Waals surface area (Å²) >= 11 is 1.69. The molecule has 0 spiro atoms. The van der Waals surface area contributed by atoms with Crippen LogP contribution in [0.4, 0.5) is 0 Å². The van der Waals surface area contributed by atoms with E-state index < -0.39 is 0 Å². The zero-order valence-electron chi connectivity index (χ0n) is 16.2. The van der Waals surface area contributed by atoms with Crippen molar-refractivity contribution >= 4 is 28.3 Å². The van der Waals surface area contributed by atoms with Crippen LogP contribution >= 0.6 is 11.3 Å². The fourth-order valence-electron chi connectivity index (χ4n) is 3.93. The summed E-state index contributed by atoms with van der Waals surface area (Å²) in [7, 11) is 0. The molecule has 146 valence electrons. The molecule has 6 heteroatoms. The smallest absolute Gasteiger partial charge is 0.252 e. The number of aryl methyl sites for hydroxylation is 1. The number of nitrogens with one attached hydrogen (secondary N) is 1. The summed E-state index contributed by atoms with van der Waals surface area (Å²) in [6.45, 7) is 3.29. The van der Waals surface area contributed by atoms with E-state index in [-0.39, 0.29) is 5.91 Å².